The van der Waals surface area contributed by atoms with E-state index in [2.05, 4.69) is 9.97 Å². The average Bonchev–Trinajstić information content (AvgIpc) is 3.03. The van der Waals surface area contributed by atoms with Crippen molar-refractivity contribution in [1.29, 1.82) is 0 Å². The molecule has 0 fully saturated rings. The maximum absolute atomic E-state index is 13.0. The van der Waals surface area contributed by atoms with E-state index in [1.54, 1.807) is 55.1 Å². The van der Waals surface area contributed by atoms with Gasteiger partial charge in [0.25, 0.3) is 10.0 Å². The van der Waals surface area contributed by atoms with Crippen molar-refractivity contribution in [2.45, 2.75) is 11.3 Å². The molecule has 0 aliphatic heterocycles. The second kappa shape index (κ2) is 6.14. The first-order chi connectivity index (χ1) is 12.2. The Bertz CT molecular complexity index is 1120. The lowest BCUT2D eigenvalue weighted by atomic mass is 10.1. The monoisotopic (exact) mass is 349 g/mol. The smallest absolute Gasteiger partial charge is 0.264 e. The van der Waals surface area contributed by atoms with Crippen molar-refractivity contribution in [3.8, 4) is 0 Å². The third-order valence-corrected chi connectivity index (χ3v) is 5.70. The maximum Gasteiger partial charge on any atom is 0.269 e. The van der Waals surface area contributed by atoms with Gasteiger partial charge in [-0.3, -0.25) is 4.98 Å². The molecule has 3 aromatic heterocycles. The summed E-state index contributed by atoms with van der Waals surface area (Å²) in [6.07, 6.45) is 7.35. The van der Waals surface area contributed by atoms with E-state index in [1.165, 1.54) is 3.97 Å². The van der Waals surface area contributed by atoms with Gasteiger partial charge in [-0.15, -0.1) is 0 Å². The van der Waals surface area contributed by atoms with Gasteiger partial charge in [-0.25, -0.2) is 17.4 Å². The highest BCUT2D eigenvalue weighted by Crippen LogP contribution is 2.26. The SMILES string of the molecule is O=S(=O)(c1ccccc1)n1cc(Cc2cccnc2)c2cccnc21. The molecular formula is C19H15N3O2S. The molecular weight excluding hydrogens is 334 g/mol. The van der Waals surface area contributed by atoms with Crippen molar-refractivity contribution < 1.29 is 8.42 Å². The van der Waals surface area contributed by atoms with E-state index in [-0.39, 0.29) is 4.90 Å². The molecule has 0 radical (unpaired) electrons. The molecule has 124 valence electrons. The number of nitrogens with zero attached hydrogens (tertiary/aromatic N) is 3. The first-order valence-electron chi connectivity index (χ1n) is 7.81. The number of aromatic nitrogens is 3. The van der Waals surface area contributed by atoms with Gasteiger partial charge in [0.15, 0.2) is 5.65 Å². The van der Waals surface area contributed by atoms with Crippen LogP contribution < -0.4 is 0 Å². The molecule has 0 aliphatic rings. The minimum absolute atomic E-state index is 0.241. The molecule has 25 heavy (non-hydrogen) atoms. The third kappa shape index (κ3) is 2.81. The van der Waals surface area contributed by atoms with E-state index in [0.29, 0.717) is 12.1 Å². The van der Waals surface area contributed by atoms with Crippen molar-refractivity contribution in [2.75, 3.05) is 0 Å². The summed E-state index contributed by atoms with van der Waals surface area (Å²) in [4.78, 5) is 8.67. The van der Waals surface area contributed by atoms with Crippen LogP contribution in [0.15, 0.2) is 84.3 Å². The van der Waals surface area contributed by atoms with Gasteiger partial charge in [-0.2, -0.15) is 0 Å². The van der Waals surface area contributed by atoms with Gasteiger partial charge in [-0.05, 0) is 41.5 Å². The van der Waals surface area contributed by atoms with Crippen LogP contribution in [-0.2, 0) is 16.4 Å². The van der Waals surface area contributed by atoms with E-state index in [4.69, 9.17) is 0 Å². The minimum Gasteiger partial charge on any atom is -0.264 e. The number of fused-ring (bicyclic) bond motifs is 1. The Labute approximate surface area is 145 Å². The first-order valence-corrected chi connectivity index (χ1v) is 9.25. The Morgan fingerprint density at radius 3 is 2.48 bits per heavy atom. The lowest BCUT2D eigenvalue weighted by Gasteiger charge is -2.06. The molecule has 6 heteroatoms. The van der Waals surface area contributed by atoms with Crippen molar-refractivity contribution in [2.24, 2.45) is 0 Å². The van der Waals surface area contributed by atoms with Crippen LogP contribution in [0.1, 0.15) is 11.1 Å². The second-order valence-corrected chi connectivity index (χ2v) is 7.50. The zero-order valence-electron chi connectivity index (χ0n) is 13.3. The number of hydrogen-bond donors (Lipinski definition) is 0. The molecule has 0 saturated heterocycles. The van der Waals surface area contributed by atoms with Crippen LogP contribution in [0.3, 0.4) is 0 Å². The molecule has 4 aromatic rings. The van der Waals surface area contributed by atoms with E-state index in [1.807, 2.05) is 24.3 Å². The summed E-state index contributed by atoms with van der Waals surface area (Å²) in [6.45, 7) is 0. The molecule has 1 aromatic carbocycles. The van der Waals surface area contributed by atoms with E-state index in [9.17, 15) is 8.42 Å². The van der Waals surface area contributed by atoms with Gasteiger partial charge >= 0.3 is 0 Å². The van der Waals surface area contributed by atoms with E-state index >= 15 is 0 Å². The predicted octanol–water partition coefficient (Wildman–Crippen LogP) is 3.26. The zero-order chi connectivity index (χ0) is 17.3. The van der Waals surface area contributed by atoms with Crippen molar-refractivity contribution >= 4 is 21.1 Å². The average molecular weight is 349 g/mol. The second-order valence-electron chi connectivity index (χ2n) is 5.68. The molecule has 0 spiro atoms. The molecule has 0 N–H and O–H groups in total. The summed E-state index contributed by atoms with van der Waals surface area (Å²) in [5.41, 5.74) is 2.35. The Balaban J connectivity index is 1.89. The fourth-order valence-corrected chi connectivity index (χ4v) is 4.22. The van der Waals surface area contributed by atoms with Gasteiger partial charge in [0.2, 0.25) is 0 Å². The van der Waals surface area contributed by atoms with Gasteiger partial charge in [0.05, 0.1) is 4.90 Å². The highest BCUT2D eigenvalue weighted by atomic mass is 32.2. The van der Waals surface area contributed by atoms with Gasteiger partial charge in [-0.1, -0.05) is 24.3 Å². The van der Waals surface area contributed by atoms with Crippen LogP contribution in [0.2, 0.25) is 0 Å². The summed E-state index contributed by atoms with van der Waals surface area (Å²) >= 11 is 0. The normalized spacial score (nSPS) is 11.7. The molecule has 4 rings (SSSR count). The number of pyridine rings is 2. The fourth-order valence-electron chi connectivity index (χ4n) is 2.85. The first kappa shape index (κ1) is 15.5. The highest BCUT2D eigenvalue weighted by molar-refractivity contribution is 7.90. The van der Waals surface area contributed by atoms with Crippen LogP contribution in [0, 0.1) is 0 Å². The lowest BCUT2D eigenvalue weighted by Crippen LogP contribution is -2.12. The summed E-state index contributed by atoms with van der Waals surface area (Å²) < 4.78 is 27.3. The fraction of sp³-hybridized carbons (Fsp3) is 0.0526. The summed E-state index contributed by atoms with van der Waals surface area (Å²) in [6, 6.07) is 15.9. The summed E-state index contributed by atoms with van der Waals surface area (Å²) in [5.74, 6) is 0. The molecule has 0 atom stereocenters. The Kier molecular flexibility index (Phi) is 3.82. The topological polar surface area (TPSA) is 64.8 Å². The van der Waals surface area contributed by atoms with Crippen LogP contribution in [0.25, 0.3) is 11.0 Å². The molecule has 5 nitrogen and oxygen atoms in total. The summed E-state index contributed by atoms with van der Waals surface area (Å²) in [5, 5.41) is 0.825. The van der Waals surface area contributed by atoms with Crippen LogP contribution in [0.5, 0.6) is 0 Å². The molecule has 0 amide bonds. The van der Waals surface area contributed by atoms with E-state index < -0.39 is 10.0 Å². The minimum atomic E-state index is -3.70. The quantitative estimate of drug-likeness (QED) is 0.567. The predicted molar refractivity (Wildman–Crippen MR) is 95.8 cm³/mol. The largest absolute Gasteiger partial charge is 0.269 e. The lowest BCUT2D eigenvalue weighted by molar-refractivity contribution is 0.588. The molecule has 0 bridgehead atoms. The molecule has 0 unspecified atom stereocenters. The molecule has 0 saturated carbocycles. The van der Waals surface area contributed by atoms with Gasteiger partial charge in [0.1, 0.15) is 0 Å². The Morgan fingerprint density at radius 1 is 0.920 bits per heavy atom. The molecule has 3 heterocycles. The number of rotatable bonds is 4. The summed E-state index contributed by atoms with van der Waals surface area (Å²) in [7, 11) is -3.70. The standard InChI is InChI=1S/C19H15N3O2S/c23-25(24,17-7-2-1-3-8-17)22-14-16(12-15-6-4-10-20-13-15)18-9-5-11-21-19(18)22/h1-11,13-14H,12H2. The molecule has 0 aliphatic carbocycles. The van der Waals surface area contributed by atoms with Crippen molar-refractivity contribution in [3.63, 3.8) is 0 Å². The Morgan fingerprint density at radius 2 is 1.72 bits per heavy atom. The Hall–Kier alpha value is -2.99. The number of hydrogen-bond acceptors (Lipinski definition) is 4. The highest BCUT2D eigenvalue weighted by Gasteiger charge is 2.21. The van der Waals surface area contributed by atoms with Crippen LogP contribution >= 0.6 is 0 Å². The van der Waals surface area contributed by atoms with Crippen molar-refractivity contribution in [3.05, 3.63) is 90.5 Å². The van der Waals surface area contributed by atoms with Crippen molar-refractivity contribution in [1.82, 2.24) is 13.9 Å². The van der Waals surface area contributed by atoms with Gasteiger partial charge < -0.3 is 0 Å². The number of benzene rings is 1. The van der Waals surface area contributed by atoms with Crippen LogP contribution in [-0.4, -0.2) is 22.4 Å². The van der Waals surface area contributed by atoms with Gasteiger partial charge in [0, 0.05) is 36.6 Å². The van der Waals surface area contributed by atoms with Crippen LogP contribution in [0.4, 0.5) is 0 Å². The van der Waals surface area contributed by atoms with E-state index in [0.717, 1.165) is 16.5 Å². The maximum atomic E-state index is 13.0. The zero-order valence-corrected chi connectivity index (χ0v) is 14.1. The third-order valence-electron chi connectivity index (χ3n) is 4.03.